The van der Waals surface area contributed by atoms with E-state index in [9.17, 15) is 19.5 Å². The fraction of sp³-hybridized carbons (Fsp3) is 0.646. The number of aryl methyl sites for hydroxylation is 1. The number of benzene rings is 1. The molecule has 59 heavy (non-hydrogen) atoms. The topological polar surface area (TPSA) is 123 Å². The molecule has 0 aliphatic carbocycles. The number of piperazine rings is 2. The summed E-state index contributed by atoms with van der Waals surface area (Å²) < 4.78 is 5.55. The Balaban J connectivity index is 1.03. The van der Waals surface area contributed by atoms with E-state index >= 15 is 0 Å². The first-order valence-electron chi connectivity index (χ1n) is 21.8. The average molecular weight is 813 g/mol. The summed E-state index contributed by atoms with van der Waals surface area (Å²) in [5.41, 5.74) is 1.86. The van der Waals surface area contributed by atoms with Gasteiger partial charge in [-0.05, 0) is 49.9 Å². The number of pyridine rings is 1. The van der Waals surface area contributed by atoms with Crippen LogP contribution in [0.1, 0.15) is 126 Å². The van der Waals surface area contributed by atoms with Gasteiger partial charge in [-0.1, -0.05) is 98.7 Å². The zero-order valence-corrected chi connectivity index (χ0v) is 37.8. The molecule has 2 aliphatic rings. The Morgan fingerprint density at radius 3 is 1.98 bits per heavy atom. The van der Waals surface area contributed by atoms with Crippen LogP contribution in [0, 0.1) is 16.2 Å². The summed E-state index contributed by atoms with van der Waals surface area (Å²) in [6.45, 7) is 28.2. The van der Waals surface area contributed by atoms with Crippen LogP contribution in [-0.4, -0.2) is 125 Å². The molecule has 0 amide bonds. The van der Waals surface area contributed by atoms with Gasteiger partial charge < -0.3 is 14.5 Å². The molecular weight excluding hydrogens is 741 g/mol. The van der Waals surface area contributed by atoms with Crippen LogP contribution in [0.2, 0.25) is 0 Å². The first kappa shape index (κ1) is 46.3. The molecule has 1 atom stereocenters. The highest BCUT2D eigenvalue weighted by molar-refractivity contribution is 6.00. The Bertz CT molecular complexity index is 1850. The second-order valence-corrected chi connectivity index (χ2v) is 20.4. The van der Waals surface area contributed by atoms with Gasteiger partial charge in [-0.15, -0.1) is 0 Å². The lowest BCUT2D eigenvalue weighted by molar-refractivity contribution is -0.129. The molecule has 2 aromatic heterocycles. The number of aromatic nitrogens is 2. The van der Waals surface area contributed by atoms with Crippen LogP contribution in [-0.2, 0) is 23.1 Å². The molecular formula is C48H72N6O5. The van der Waals surface area contributed by atoms with Crippen LogP contribution in [0.15, 0.2) is 53.2 Å². The molecule has 1 aromatic carbocycles. The molecule has 0 spiro atoms. The summed E-state index contributed by atoms with van der Waals surface area (Å²) in [5.74, 6) is 2.16. The molecule has 2 saturated heterocycles. The molecule has 0 saturated carbocycles. The second-order valence-electron chi connectivity index (χ2n) is 20.4. The van der Waals surface area contributed by atoms with E-state index in [2.05, 4.69) is 63.7 Å². The van der Waals surface area contributed by atoms with Gasteiger partial charge in [0.25, 0.3) is 0 Å². The standard InChI is InChI=1S/C48H72N6O5/c1-45(2,3)41-30-38(50-59-41)19-23-51-24-28-54(29-25-51)42-18-17-37(31-49-42)44(58)48(9,10)21-20-47(7,8)40(56)33-52-26-27-53(39(32-52)34-55)22-11-12-35-13-15-36(16-14-35)43(57)46(4,5)6/h13-18,30-31,39,55H,11-12,19-29,32-34H2,1-10H3/t39-/m1/s1. The molecule has 11 heteroatoms. The molecule has 0 bridgehead atoms. The van der Waals surface area contributed by atoms with E-state index in [0.29, 0.717) is 31.5 Å². The minimum atomic E-state index is -0.649. The monoisotopic (exact) mass is 813 g/mol. The average Bonchev–Trinajstić information content (AvgIpc) is 3.70. The lowest BCUT2D eigenvalue weighted by atomic mass is 9.74. The fourth-order valence-electron chi connectivity index (χ4n) is 7.96. The number of aliphatic hydroxyl groups excluding tert-OH is 1. The predicted octanol–water partition coefficient (Wildman–Crippen LogP) is 7.16. The van der Waals surface area contributed by atoms with Gasteiger partial charge in [-0.3, -0.25) is 29.1 Å². The van der Waals surface area contributed by atoms with E-state index in [1.54, 1.807) is 6.20 Å². The van der Waals surface area contributed by atoms with Crippen LogP contribution in [0.25, 0.3) is 0 Å². The number of nitrogens with zero attached hydrogens (tertiary/aromatic N) is 6. The van der Waals surface area contributed by atoms with E-state index in [1.807, 2.05) is 72.7 Å². The van der Waals surface area contributed by atoms with Crippen molar-refractivity contribution < 1.29 is 24.0 Å². The van der Waals surface area contributed by atoms with Crippen LogP contribution in [0.3, 0.4) is 0 Å². The summed E-state index contributed by atoms with van der Waals surface area (Å²) in [6, 6.07) is 13.9. The van der Waals surface area contributed by atoms with Crippen molar-refractivity contribution in [2.75, 3.05) is 77.0 Å². The maximum absolute atomic E-state index is 13.8. The largest absolute Gasteiger partial charge is 0.395 e. The first-order valence-corrected chi connectivity index (χ1v) is 21.8. The van der Waals surface area contributed by atoms with E-state index in [0.717, 1.165) is 94.5 Å². The summed E-state index contributed by atoms with van der Waals surface area (Å²) in [7, 11) is 0. The Hall–Kier alpha value is -3.77. The van der Waals surface area contributed by atoms with Crippen molar-refractivity contribution >= 4 is 23.2 Å². The first-order chi connectivity index (χ1) is 27.7. The summed E-state index contributed by atoms with van der Waals surface area (Å²) in [5, 5.41) is 14.6. The van der Waals surface area contributed by atoms with Gasteiger partial charge in [0.15, 0.2) is 17.3 Å². The van der Waals surface area contributed by atoms with E-state index < -0.39 is 16.2 Å². The summed E-state index contributed by atoms with van der Waals surface area (Å²) >= 11 is 0. The third kappa shape index (κ3) is 12.6. The predicted molar refractivity (Wildman–Crippen MR) is 235 cm³/mol. The number of carbonyl (C=O) groups excluding carboxylic acids is 3. The molecule has 5 rings (SSSR count). The Morgan fingerprint density at radius 2 is 1.39 bits per heavy atom. The number of anilines is 1. The maximum atomic E-state index is 13.8. The minimum Gasteiger partial charge on any atom is -0.395 e. The number of carbonyl (C=O) groups is 3. The zero-order valence-electron chi connectivity index (χ0n) is 37.8. The maximum Gasteiger partial charge on any atom is 0.169 e. The van der Waals surface area contributed by atoms with Gasteiger partial charge in [0.1, 0.15) is 11.6 Å². The molecule has 11 nitrogen and oxygen atoms in total. The number of Topliss-reactive ketones (excluding diaryl/α,β-unsaturated/α-hetero) is 3. The lowest BCUT2D eigenvalue weighted by Gasteiger charge is -2.41. The quantitative estimate of drug-likeness (QED) is 0.132. The third-order valence-electron chi connectivity index (χ3n) is 12.5. The zero-order chi connectivity index (χ0) is 43.2. The van der Waals surface area contributed by atoms with Crippen LogP contribution in [0.5, 0.6) is 0 Å². The highest BCUT2D eigenvalue weighted by Gasteiger charge is 2.36. The molecule has 0 radical (unpaired) electrons. The number of hydrogen-bond donors (Lipinski definition) is 1. The van der Waals surface area contributed by atoms with Crippen molar-refractivity contribution in [3.05, 3.63) is 76.8 Å². The summed E-state index contributed by atoms with van der Waals surface area (Å²) in [6.07, 6.45) is 5.62. The number of hydrogen-bond acceptors (Lipinski definition) is 11. The van der Waals surface area contributed by atoms with Crippen LogP contribution < -0.4 is 4.90 Å². The van der Waals surface area contributed by atoms with Gasteiger partial charge in [0.05, 0.1) is 18.8 Å². The highest BCUT2D eigenvalue weighted by Crippen LogP contribution is 2.35. The second kappa shape index (κ2) is 19.3. The van der Waals surface area contributed by atoms with Gasteiger partial charge in [-0.2, -0.15) is 0 Å². The Labute approximate surface area is 353 Å². The minimum absolute atomic E-state index is 0.0223. The highest BCUT2D eigenvalue weighted by atomic mass is 16.5. The van der Waals surface area contributed by atoms with E-state index in [1.165, 1.54) is 5.56 Å². The lowest BCUT2D eigenvalue weighted by Crippen LogP contribution is -2.56. The van der Waals surface area contributed by atoms with E-state index in [-0.39, 0.29) is 35.4 Å². The smallest absolute Gasteiger partial charge is 0.169 e. The molecule has 4 heterocycles. The van der Waals surface area contributed by atoms with Crippen molar-refractivity contribution in [3.63, 3.8) is 0 Å². The van der Waals surface area contributed by atoms with Gasteiger partial charge in [-0.25, -0.2) is 4.98 Å². The molecule has 1 N–H and O–H groups in total. The molecule has 0 unspecified atom stereocenters. The van der Waals surface area contributed by atoms with Crippen molar-refractivity contribution in [2.24, 2.45) is 16.2 Å². The Morgan fingerprint density at radius 1 is 0.746 bits per heavy atom. The van der Waals surface area contributed by atoms with E-state index in [4.69, 9.17) is 9.51 Å². The SMILES string of the molecule is CC(C)(C)C(=O)c1ccc(CCCN2CCN(CC(=O)C(C)(C)CCC(C)(C)C(=O)c3ccc(N4CCN(CCc5cc(C(C)(C)C)on5)CC4)nc3)C[C@@H]2CO)cc1. The normalized spacial score (nSPS) is 18.0. The molecule has 2 aliphatic heterocycles. The van der Waals surface area contributed by atoms with Crippen LogP contribution >= 0.6 is 0 Å². The van der Waals surface area contributed by atoms with Crippen molar-refractivity contribution in [3.8, 4) is 0 Å². The van der Waals surface area contributed by atoms with Crippen molar-refractivity contribution in [1.29, 1.82) is 0 Å². The van der Waals surface area contributed by atoms with Crippen molar-refractivity contribution in [1.82, 2.24) is 24.8 Å². The summed E-state index contributed by atoms with van der Waals surface area (Å²) in [4.78, 5) is 54.0. The number of aliphatic hydroxyl groups is 1. The Kier molecular flexibility index (Phi) is 15.1. The van der Waals surface area contributed by atoms with Crippen LogP contribution in [0.4, 0.5) is 5.82 Å². The molecule has 3 aromatic rings. The molecule has 2 fully saturated rings. The number of ketones is 3. The van der Waals surface area contributed by atoms with Gasteiger partial charge in [0.2, 0.25) is 0 Å². The molecule has 324 valence electrons. The fourth-order valence-corrected chi connectivity index (χ4v) is 7.96. The number of rotatable bonds is 18. The third-order valence-corrected chi connectivity index (χ3v) is 12.5. The van der Waals surface area contributed by atoms with Crippen molar-refractivity contribution in [2.45, 2.75) is 113 Å². The van der Waals surface area contributed by atoms with Gasteiger partial charge >= 0.3 is 0 Å². The van der Waals surface area contributed by atoms with Gasteiger partial charge in [0, 0.05) is 110 Å².